The summed E-state index contributed by atoms with van der Waals surface area (Å²) in [4.78, 5) is 26.1. The molecule has 0 atom stereocenters. The van der Waals surface area contributed by atoms with E-state index < -0.39 is 11.9 Å². The summed E-state index contributed by atoms with van der Waals surface area (Å²) in [5.74, 6) is -1.54. The highest BCUT2D eigenvalue weighted by Gasteiger charge is 2.16. The number of carboxylic acids is 1. The molecule has 2 N–H and O–H groups in total. The van der Waals surface area contributed by atoms with Crippen LogP contribution in [0.1, 0.15) is 10.6 Å². The second kappa shape index (κ2) is 3.65. The summed E-state index contributed by atoms with van der Waals surface area (Å²) in [7, 11) is 1.37. The van der Waals surface area contributed by atoms with Gasteiger partial charge in [0.1, 0.15) is 12.9 Å². The van der Waals surface area contributed by atoms with Crippen LogP contribution in [0.25, 0.3) is 0 Å². The molecule has 0 aliphatic heterocycles. The number of rotatable bonds is 3. The Morgan fingerprint density at radius 3 is 2.85 bits per heavy atom. The van der Waals surface area contributed by atoms with Crippen LogP contribution in [0.15, 0.2) is 6.33 Å². The largest absolute Gasteiger partial charge is 0.480 e. The average Bonchev–Trinajstić information content (AvgIpc) is 2.53. The molecule has 1 rings (SSSR count). The van der Waals surface area contributed by atoms with Gasteiger partial charge in [0.05, 0.1) is 0 Å². The van der Waals surface area contributed by atoms with Crippen molar-refractivity contribution < 1.29 is 14.7 Å². The molecule has 70 valence electrons. The first-order valence-electron chi connectivity index (χ1n) is 3.44. The molecule has 0 aromatic carbocycles. The minimum Gasteiger partial charge on any atom is -0.480 e. The standard InChI is InChI=1S/C6H8N4O3/c1-10(2-4(11)12)6(13)5-7-3-8-9-5/h3H,2H2,1H3,(H,11,12)(H,7,8,9). The van der Waals surface area contributed by atoms with Gasteiger partial charge in [-0.25, -0.2) is 4.98 Å². The normalized spacial score (nSPS) is 9.62. The van der Waals surface area contributed by atoms with E-state index in [1.165, 1.54) is 13.4 Å². The summed E-state index contributed by atoms with van der Waals surface area (Å²) in [5, 5.41) is 14.2. The maximum Gasteiger partial charge on any atom is 0.323 e. The van der Waals surface area contributed by atoms with Crippen molar-refractivity contribution >= 4 is 11.9 Å². The first kappa shape index (κ1) is 9.17. The number of carbonyl (C=O) groups is 2. The SMILES string of the molecule is CN(CC(=O)O)C(=O)c1ncn[nH]1. The van der Waals surface area contributed by atoms with Crippen LogP contribution in [-0.4, -0.2) is 50.7 Å². The first-order valence-corrected chi connectivity index (χ1v) is 3.44. The Morgan fingerprint density at radius 1 is 1.69 bits per heavy atom. The molecule has 0 saturated heterocycles. The van der Waals surface area contributed by atoms with Crippen LogP contribution in [0.3, 0.4) is 0 Å². The van der Waals surface area contributed by atoms with E-state index in [0.29, 0.717) is 0 Å². The number of amides is 1. The second-order valence-electron chi connectivity index (χ2n) is 2.39. The molecule has 0 saturated carbocycles. The summed E-state index contributed by atoms with van der Waals surface area (Å²) in [6, 6.07) is 0. The zero-order valence-electron chi connectivity index (χ0n) is 6.89. The van der Waals surface area contributed by atoms with Gasteiger partial charge in [-0.1, -0.05) is 0 Å². The molecule has 7 nitrogen and oxygen atoms in total. The molecule has 13 heavy (non-hydrogen) atoms. The number of hydrogen-bond donors (Lipinski definition) is 2. The van der Waals surface area contributed by atoms with Gasteiger partial charge in [-0.05, 0) is 0 Å². The lowest BCUT2D eigenvalue weighted by Gasteiger charge is -2.11. The van der Waals surface area contributed by atoms with Crippen LogP contribution < -0.4 is 0 Å². The summed E-state index contributed by atoms with van der Waals surface area (Å²) < 4.78 is 0. The van der Waals surface area contributed by atoms with Crippen LogP contribution in [0, 0.1) is 0 Å². The molecular weight excluding hydrogens is 176 g/mol. The fraction of sp³-hybridized carbons (Fsp3) is 0.333. The van der Waals surface area contributed by atoms with Gasteiger partial charge in [0.2, 0.25) is 5.82 Å². The average molecular weight is 184 g/mol. The maximum absolute atomic E-state index is 11.3. The molecule has 0 bridgehead atoms. The van der Waals surface area contributed by atoms with Crippen molar-refractivity contribution in [1.82, 2.24) is 20.1 Å². The number of carboxylic acid groups (broad SMARTS) is 1. The molecular formula is C6H8N4O3. The van der Waals surface area contributed by atoms with Crippen molar-refractivity contribution in [3.8, 4) is 0 Å². The Hall–Kier alpha value is -1.92. The number of nitrogens with one attached hydrogen (secondary N) is 1. The van der Waals surface area contributed by atoms with Crippen LogP contribution in [0.2, 0.25) is 0 Å². The summed E-state index contributed by atoms with van der Waals surface area (Å²) >= 11 is 0. The molecule has 0 unspecified atom stereocenters. The number of likely N-dealkylation sites (N-methyl/N-ethyl adjacent to an activating group) is 1. The molecule has 0 fully saturated rings. The van der Waals surface area contributed by atoms with E-state index in [-0.39, 0.29) is 12.4 Å². The molecule has 7 heteroatoms. The third kappa shape index (κ3) is 2.26. The number of aromatic nitrogens is 3. The monoisotopic (exact) mass is 184 g/mol. The lowest BCUT2D eigenvalue weighted by molar-refractivity contribution is -0.137. The molecule has 1 amide bonds. The quantitative estimate of drug-likeness (QED) is 0.625. The highest BCUT2D eigenvalue weighted by atomic mass is 16.4. The fourth-order valence-electron chi connectivity index (χ4n) is 0.764. The van der Waals surface area contributed by atoms with Gasteiger partial charge in [-0.15, -0.1) is 0 Å². The van der Waals surface area contributed by atoms with Crippen molar-refractivity contribution in [2.45, 2.75) is 0 Å². The number of aromatic amines is 1. The predicted molar refractivity (Wildman–Crippen MR) is 41.0 cm³/mol. The topological polar surface area (TPSA) is 99.2 Å². The highest BCUT2D eigenvalue weighted by molar-refractivity contribution is 5.92. The Bertz CT molecular complexity index is 308. The zero-order chi connectivity index (χ0) is 9.84. The maximum atomic E-state index is 11.3. The third-order valence-electron chi connectivity index (χ3n) is 1.34. The van der Waals surface area contributed by atoms with E-state index in [1.54, 1.807) is 0 Å². The van der Waals surface area contributed by atoms with Crippen LogP contribution in [0.5, 0.6) is 0 Å². The second-order valence-corrected chi connectivity index (χ2v) is 2.39. The molecule has 0 aliphatic rings. The number of aliphatic carboxylic acids is 1. The predicted octanol–water partition coefficient (Wildman–Crippen LogP) is -1.04. The lowest BCUT2D eigenvalue weighted by Crippen LogP contribution is -2.32. The van der Waals surface area contributed by atoms with Crippen molar-refractivity contribution in [1.29, 1.82) is 0 Å². The summed E-state index contributed by atoms with van der Waals surface area (Å²) in [6.45, 7) is -0.362. The molecule has 0 radical (unpaired) electrons. The highest BCUT2D eigenvalue weighted by Crippen LogP contribution is 1.93. The van der Waals surface area contributed by atoms with Crippen LogP contribution in [0.4, 0.5) is 0 Å². The van der Waals surface area contributed by atoms with Gasteiger partial charge in [0.25, 0.3) is 5.91 Å². The number of H-pyrrole nitrogens is 1. The van der Waals surface area contributed by atoms with Gasteiger partial charge < -0.3 is 10.0 Å². The fourth-order valence-corrected chi connectivity index (χ4v) is 0.764. The number of nitrogens with zero attached hydrogens (tertiary/aromatic N) is 3. The Balaban J connectivity index is 2.63. The van der Waals surface area contributed by atoms with E-state index in [0.717, 1.165) is 4.90 Å². The van der Waals surface area contributed by atoms with Gasteiger partial charge in [-0.3, -0.25) is 14.7 Å². The van der Waals surface area contributed by atoms with Crippen LogP contribution in [-0.2, 0) is 4.79 Å². The van der Waals surface area contributed by atoms with Gasteiger partial charge in [-0.2, -0.15) is 5.10 Å². The Labute approximate surface area is 73.4 Å². The minimum atomic E-state index is -1.07. The van der Waals surface area contributed by atoms with Crippen molar-refractivity contribution in [3.05, 3.63) is 12.2 Å². The van der Waals surface area contributed by atoms with Gasteiger partial charge in [0, 0.05) is 7.05 Å². The van der Waals surface area contributed by atoms with E-state index in [9.17, 15) is 9.59 Å². The molecule has 1 aromatic rings. The molecule has 1 heterocycles. The smallest absolute Gasteiger partial charge is 0.323 e. The zero-order valence-corrected chi connectivity index (χ0v) is 6.89. The summed E-state index contributed by atoms with van der Waals surface area (Å²) in [6.07, 6.45) is 1.18. The minimum absolute atomic E-state index is 0.0313. The van der Waals surface area contributed by atoms with Gasteiger partial charge in [0.15, 0.2) is 0 Å². The van der Waals surface area contributed by atoms with E-state index in [2.05, 4.69) is 15.2 Å². The molecule has 0 aliphatic carbocycles. The molecule has 1 aromatic heterocycles. The van der Waals surface area contributed by atoms with E-state index >= 15 is 0 Å². The number of hydrogen-bond acceptors (Lipinski definition) is 4. The van der Waals surface area contributed by atoms with Crippen LogP contribution >= 0.6 is 0 Å². The van der Waals surface area contributed by atoms with Crippen molar-refractivity contribution in [3.63, 3.8) is 0 Å². The van der Waals surface area contributed by atoms with Crippen molar-refractivity contribution in [2.24, 2.45) is 0 Å². The third-order valence-corrected chi connectivity index (χ3v) is 1.34. The summed E-state index contributed by atoms with van der Waals surface area (Å²) in [5.41, 5.74) is 0. The van der Waals surface area contributed by atoms with Crippen molar-refractivity contribution in [2.75, 3.05) is 13.6 Å². The van der Waals surface area contributed by atoms with E-state index in [4.69, 9.17) is 5.11 Å². The van der Waals surface area contributed by atoms with E-state index in [1.807, 2.05) is 0 Å². The molecule has 0 spiro atoms. The number of carbonyl (C=O) groups excluding carboxylic acids is 1. The Kier molecular flexibility index (Phi) is 2.58. The Morgan fingerprint density at radius 2 is 2.38 bits per heavy atom. The van der Waals surface area contributed by atoms with Gasteiger partial charge >= 0.3 is 5.97 Å². The lowest BCUT2D eigenvalue weighted by atomic mass is 10.5. The first-order chi connectivity index (χ1) is 6.11.